The van der Waals surface area contributed by atoms with Crippen molar-refractivity contribution in [1.82, 2.24) is 0 Å². The molecule has 0 bridgehead atoms. The van der Waals surface area contributed by atoms with Crippen molar-refractivity contribution in [2.75, 3.05) is 9.80 Å². The quantitative estimate of drug-likeness (QED) is 0.152. The van der Waals surface area contributed by atoms with Gasteiger partial charge in [0, 0.05) is 28.4 Å². The van der Waals surface area contributed by atoms with Gasteiger partial charge in [-0.2, -0.15) is 0 Å². The first-order valence-electron chi connectivity index (χ1n) is 21.7. The predicted molar refractivity (Wildman–Crippen MR) is 259 cm³/mol. The van der Waals surface area contributed by atoms with Crippen LogP contribution in [0.25, 0.3) is 39.6 Å². The molecule has 298 valence electrons. The van der Waals surface area contributed by atoms with E-state index >= 15 is 0 Å². The lowest BCUT2D eigenvalue weighted by molar-refractivity contribution is 0.576. The van der Waals surface area contributed by atoms with Crippen molar-refractivity contribution in [1.29, 1.82) is 0 Å². The van der Waals surface area contributed by atoms with Crippen molar-refractivity contribution in [2.24, 2.45) is 0 Å². The molecule has 2 nitrogen and oxygen atoms in total. The van der Waals surface area contributed by atoms with E-state index in [4.69, 9.17) is 0 Å². The maximum Gasteiger partial charge on any atom is 0.0566 e. The zero-order chi connectivity index (χ0) is 41.4. The minimum atomic E-state index is -0.112. The van der Waals surface area contributed by atoms with Gasteiger partial charge in [0.1, 0.15) is 0 Å². The molecule has 7 aromatic carbocycles. The lowest BCUT2D eigenvalue weighted by Gasteiger charge is -2.36. The summed E-state index contributed by atoms with van der Waals surface area (Å²) < 4.78 is 0. The maximum atomic E-state index is 2.59. The van der Waals surface area contributed by atoms with E-state index in [1.165, 1.54) is 66.0 Å². The molecule has 0 saturated carbocycles. The molecule has 0 N–H and O–H groups in total. The summed E-state index contributed by atoms with van der Waals surface area (Å²) in [5.74, 6) is 0. The third-order valence-corrected chi connectivity index (χ3v) is 12.1. The average Bonchev–Trinajstić information content (AvgIpc) is 3.26. The van der Waals surface area contributed by atoms with Crippen LogP contribution in [-0.4, -0.2) is 6.04 Å². The maximum absolute atomic E-state index is 2.59. The highest BCUT2D eigenvalue weighted by Crippen LogP contribution is 2.41. The van der Waals surface area contributed by atoms with Gasteiger partial charge in [0.25, 0.3) is 0 Å². The van der Waals surface area contributed by atoms with E-state index in [-0.39, 0.29) is 16.9 Å². The highest BCUT2D eigenvalue weighted by Gasteiger charge is 2.30. The molecule has 0 aromatic heterocycles. The first-order chi connectivity index (χ1) is 29.0. The molecule has 2 aliphatic carbocycles. The number of nitrogens with zero attached hydrogens (tertiary/aromatic N) is 2. The van der Waals surface area contributed by atoms with Gasteiger partial charge in [0.2, 0.25) is 0 Å². The second-order valence-corrected chi connectivity index (χ2v) is 18.5. The predicted octanol–water partition coefficient (Wildman–Crippen LogP) is 14.5. The Morgan fingerprint density at radius 3 is 1.58 bits per heavy atom. The Hall–Kier alpha value is -6.38. The Kier molecular flexibility index (Phi) is 10.4. The molecule has 1 unspecified atom stereocenters. The Bertz CT molecular complexity index is 2820. The first-order valence-corrected chi connectivity index (χ1v) is 21.7. The van der Waals surface area contributed by atoms with E-state index in [0.717, 1.165) is 36.3 Å². The minimum absolute atomic E-state index is 0.110. The molecule has 0 amide bonds. The van der Waals surface area contributed by atoms with Crippen LogP contribution in [-0.2, 0) is 10.8 Å². The lowest BCUT2D eigenvalue weighted by Crippen LogP contribution is -2.45. The van der Waals surface area contributed by atoms with Crippen LogP contribution in [0.1, 0.15) is 77.5 Å². The van der Waals surface area contributed by atoms with E-state index in [9.17, 15) is 0 Å². The van der Waals surface area contributed by atoms with E-state index in [1.54, 1.807) is 0 Å². The lowest BCUT2D eigenvalue weighted by atomic mass is 9.74. The molecule has 2 heteroatoms. The third-order valence-electron chi connectivity index (χ3n) is 12.1. The number of allylic oxidation sites excluding steroid dienone is 4. The van der Waals surface area contributed by atoms with Crippen molar-refractivity contribution < 1.29 is 0 Å². The van der Waals surface area contributed by atoms with Gasteiger partial charge < -0.3 is 9.80 Å². The van der Waals surface area contributed by atoms with E-state index in [1.807, 2.05) is 0 Å². The van der Waals surface area contributed by atoms with Crippen LogP contribution in [0.5, 0.6) is 0 Å². The molecular weight excluding hydrogens is 725 g/mol. The second-order valence-electron chi connectivity index (χ2n) is 18.5. The van der Waals surface area contributed by atoms with E-state index in [2.05, 4.69) is 239 Å². The molecule has 0 aliphatic heterocycles. The molecular formula is C58H56N2. The van der Waals surface area contributed by atoms with Gasteiger partial charge in [-0.25, -0.2) is 0 Å². The zero-order valence-electron chi connectivity index (χ0n) is 36.0. The molecule has 0 saturated heterocycles. The molecule has 0 spiro atoms. The van der Waals surface area contributed by atoms with Gasteiger partial charge in [0.05, 0.1) is 6.04 Å². The zero-order valence-corrected chi connectivity index (χ0v) is 36.0. The Balaban J connectivity index is 1.22. The van der Waals surface area contributed by atoms with Gasteiger partial charge >= 0.3 is 0 Å². The number of fused-ring (bicyclic) bond motifs is 2. The largest absolute Gasteiger partial charge is 0.334 e. The van der Waals surface area contributed by atoms with Crippen molar-refractivity contribution in [2.45, 2.75) is 77.7 Å². The molecule has 0 heterocycles. The topological polar surface area (TPSA) is 6.48 Å². The van der Waals surface area contributed by atoms with Crippen molar-refractivity contribution >= 4 is 56.9 Å². The fourth-order valence-electron chi connectivity index (χ4n) is 9.56. The summed E-state index contributed by atoms with van der Waals surface area (Å²) in [6.07, 6.45) is 15.2. The Labute approximate surface area is 357 Å². The normalized spacial score (nSPS) is 15.1. The summed E-state index contributed by atoms with van der Waals surface area (Å²) in [6, 6.07) is 58.0. The molecule has 1 atom stereocenters. The summed E-state index contributed by atoms with van der Waals surface area (Å²) in [4.78, 5) is 4.96. The number of hydrogen-bond acceptors (Lipinski definition) is 2. The minimum Gasteiger partial charge on any atom is -0.334 e. The number of anilines is 5. The summed E-state index contributed by atoms with van der Waals surface area (Å²) in [5.41, 5.74) is 13.5. The van der Waals surface area contributed by atoms with Crippen molar-refractivity contribution in [3.8, 4) is 11.1 Å². The van der Waals surface area contributed by atoms with Gasteiger partial charge in [-0.1, -0.05) is 169 Å². The first kappa shape index (κ1) is 39.1. The van der Waals surface area contributed by atoms with E-state index in [0.29, 0.717) is 0 Å². The van der Waals surface area contributed by atoms with Gasteiger partial charge in [0.15, 0.2) is 0 Å². The number of benzene rings is 7. The fraction of sp³-hybridized carbons (Fsp3) is 0.207. The van der Waals surface area contributed by atoms with Gasteiger partial charge in [-0.15, -0.1) is 0 Å². The van der Waals surface area contributed by atoms with Gasteiger partial charge in [-0.05, 0) is 145 Å². The van der Waals surface area contributed by atoms with Gasteiger partial charge in [-0.3, -0.25) is 0 Å². The smallest absolute Gasteiger partial charge is 0.0566 e. The Morgan fingerprint density at radius 2 is 0.967 bits per heavy atom. The molecule has 0 fully saturated rings. The Morgan fingerprint density at radius 1 is 0.450 bits per heavy atom. The van der Waals surface area contributed by atoms with Crippen LogP contribution in [0.4, 0.5) is 28.4 Å². The molecule has 60 heavy (non-hydrogen) atoms. The number of hydrogen-bond donors (Lipinski definition) is 0. The molecule has 2 aliphatic rings. The summed E-state index contributed by atoms with van der Waals surface area (Å²) in [7, 11) is 0. The summed E-state index contributed by atoms with van der Waals surface area (Å²) in [5, 5.41) is 5.41. The van der Waals surface area contributed by atoms with Crippen LogP contribution in [0.2, 0.25) is 0 Å². The molecule has 7 aromatic rings. The van der Waals surface area contributed by atoms with Crippen LogP contribution in [0, 0.1) is 0 Å². The average molecular weight is 781 g/mol. The second kappa shape index (κ2) is 16.0. The third kappa shape index (κ3) is 7.64. The highest BCUT2D eigenvalue weighted by atomic mass is 15.2. The summed E-state index contributed by atoms with van der Waals surface area (Å²) >= 11 is 0. The summed E-state index contributed by atoms with van der Waals surface area (Å²) in [6.45, 7) is 14.3. The van der Waals surface area contributed by atoms with Crippen LogP contribution >= 0.6 is 0 Å². The molecule has 9 rings (SSSR count). The molecule has 0 radical (unpaired) electrons. The van der Waals surface area contributed by atoms with Crippen LogP contribution in [0.3, 0.4) is 0 Å². The number of para-hydroxylation sites is 2. The van der Waals surface area contributed by atoms with Crippen molar-refractivity contribution in [3.05, 3.63) is 203 Å². The fourth-order valence-corrected chi connectivity index (χ4v) is 9.56. The SMILES string of the molecule is CC(C)(C)c1c2c(c(C(C)(C)C)c3cc(N(c4ccccc4)c4ccc(C5=CCCC=C5)cc4)ccc13)=CCC(N(c1ccccc1)c1ccc(-c3ccccc3)cc1)C=2. The highest BCUT2D eigenvalue weighted by molar-refractivity contribution is 5.96. The van der Waals surface area contributed by atoms with Crippen molar-refractivity contribution in [3.63, 3.8) is 0 Å². The van der Waals surface area contributed by atoms with Crippen LogP contribution in [0.15, 0.2) is 176 Å². The number of rotatable bonds is 8. The van der Waals surface area contributed by atoms with E-state index < -0.39 is 0 Å². The monoisotopic (exact) mass is 780 g/mol. The van der Waals surface area contributed by atoms with Crippen LogP contribution < -0.4 is 20.2 Å². The standard InChI is InChI=1S/C58H56N2/c1-57(2,3)55-51-37-35-50(60(46-25-17-10-18-26-46)48-33-29-44(30-34-48)42-21-13-8-14-22-42)40-54(51)56(58(4,5)6)52-38-36-49(39-53(52)55)59(45-23-15-9-16-24-45)47-31-27-43(28-32-47)41-19-11-7-12-20-41/h7,9-13,15-35,37-40,49H,8,14,36H2,1-6H3.